The lowest BCUT2D eigenvalue weighted by molar-refractivity contribution is -0.492. The molecule has 0 aliphatic heterocycles. The second-order valence-electron chi connectivity index (χ2n) is 3.54. The van der Waals surface area contributed by atoms with Crippen molar-refractivity contribution in [3.8, 4) is 0 Å². The van der Waals surface area contributed by atoms with Crippen LogP contribution in [0.15, 0.2) is 0 Å². The minimum atomic E-state index is -1.29. The summed E-state index contributed by atoms with van der Waals surface area (Å²) in [6.07, 6.45) is 1.76. The van der Waals surface area contributed by atoms with E-state index in [1.807, 2.05) is 0 Å². The third kappa shape index (κ3) is 8.84. The van der Waals surface area contributed by atoms with Gasteiger partial charge in [-0.15, -0.1) is 0 Å². The number of hydrogen-bond donors (Lipinski definition) is 5. The molecule has 0 aromatic carbocycles. The second kappa shape index (κ2) is 9.74. The molecule has 106 valence electrons. The van der Waals surface area contributed by atoms with Crippen molar-refractivity contribution in [1.29, 1.82) is 0 Å². The predicted octanol–water partition coefficient (Wildman–Crippen LogP) is -0.879. The highest BCUT2D eigenvalue weighted by Gasteiger charge is 2.17. The lowest BCUT2D eigenvalue weighted by Crippen LogP contribution is -2.43. The van der Waals surface area contributed by atoms with Crippen molar-refractivity contribution in [2.75, 3.05) is 13.2 Å². The Labute approximate surface area is 103 Å². The van der Waals surface area contributed by atoms with Gasteiger partial charge in [-0.1, -0.05) is 6.42 Å². The third-order valence-electron chi connectivity index (χ3n) is 2.07. The van der Waals surface area contributed by atoms with E-state index >= 15 is 0 Å². The smallest absolute Gasteiger partial charge is 0.328 e. The predicted molar refractivity (Wildman–Crippen MR) is 56.5 cm³/mol. The van der Waals surface area contributed by atoms with Crippen LogP contribution in [0.5, 0.6) is 0 Å². The van der Waals surface area contributed by atoms with E-state index in [1.165, 1.54) is 0 Å². The topological polar surface area (TPSA) is 140 Å². The Bertz CT molecular complexity index is 259. The van der Waals surface area contributed by atoms with Crippen LogP contribution in [0.25, 0.3) is 0 Å². The normalized spacial score (nSPS) is 12.4. The zero-order chi connectivity index (χ0) is 14.0. The maximum Gasteiger partial charge on any atom is 0.328 e. The monoisotopic (exact) mass is 266 g/mol. The summed E-state index contributed by atoms with van der Waals surface area (Å²) in [6.45, 7) is -0.555. The van der Waals surface area contributed by atoms with E-state index in [4.69, 9.17) is 20.6 Å². The molecule has 1 atom stereocenters. The van der Waals surface area contributed by atoms with Gasteiger partial charge in [-0.25, -0.2) is 4.79 Å². The number of hydrogen-bond acceptors (Lipinski definition) is 7. The fourth-order valence-electron chi connectivity index (χ4n) is 1.16. The fourth-order valence-corrected chi connectivity index (χ4v) is 1.16. The molecule has 0 bridgehead atoms. The molecule has 0 rings (SSSR count). The number of rotatable bonds is 10. The maximum absolute atomic E-state index is 11.3. The van der Waals surface area contributed by atoms with Crippen molar-refractivity contribution in [1.82, 2.24) is 10.7 Å². The van der Waals surface area contributed by atoms with Gasteiger partial charge in [0.05, 0.1) is 18.6 Å². The van der Waals surface area contributed by atoms with E-state index in [0.29, 0.717) is 19.3 Å². The molecule has 0 fully saturated rings. The Balaban J connectivity index is 3.56. The molecule has 0 aliphatic carbocycles. The van der Waals surface area contributed by atoms with Gasteiger partial charge in [0.1, 0.15) is 6.04 Å². The Morgan fingerprint density at radius 2 is 1.89 bits per heavy atom. The number of carbonyl (C=O) groups excluding carboxylic acids is 1. The molecule has 0 aliphatic rings. The first kappa shape index (κ1) is 16.7. The summed E-state index contributed by atoms with van der Waals surface area (Å²) >= 11 is 0. The molecule has 9 heteroatoms. The fraction of sp³-hybridized carbons (Fsp3) is 0.778. The molecule has 0 saturated carbocycles. The highest BCUT2D eigenvalue weighted by Crippen LogP contribution is 2.01. The van der Waals surface area contributed by atoms with E-state index in [9.17, 15) is 9.59 Å². The van der Waals surface area contributed by atoms with Crippen LogP contribution in [-0.4, -0.2) is 57.1 Å². The van der Waals surface area contributed by atoms with E-state index in [1.54, 1.807) is 0 Å². The average Bonchev–Trinajstić information content (AvgIpc) is 2.29. The minimum Gasteiger partial charge on any atom is -0.480 e. The van der Waals surface area contributed by atoms with Crippen molar-refractivity contribution >= 4 is 11.9 Å². The molecular formula is C9H18N2O7. The number of nitrogens with one attached hydrogen (secondary N) is 1. The van der Waals surface area contributed by atoms with Crippen molar-refractivity contribution < 1.29 is 35.1 Å². The Morgan fingerprint density at radius 3 is 2.39 bits per heavy atom. The molecule has 0 aromatic rings. The summed E-state index contributed by atoms with van der Waals surface area (Å²) in [6, 6.07) is -1.28. The molecule has 0 saturated heterocycles. The number of carbonyl (C=O) groups is 2. The molecule has 0 aromatic heterocycles. The Morgan fingerprint density at radius 1 is 1.22 bits per heavy atom. The van der Waals surface area contributed by atoms with Crippen LogP contribution in [0.4, 0.5) is 0 Å². The molecule has 0 spiro atoms. The van der Waals surface area contributed by atoms with E-state index in [0.717, 1.165) is 0 Å². The van der Waals surface area contributed by atoms with Crippen molar-refractivity contribution in [3.05, 3.63) is 0 Å². The summed E-state index contributed by atoms with van der Waals surface area (Å²) in [7, 11) is 0. The molecule has 5 N–H and O–H groups in total. The van der Waals surface area contributed by atoms with Crippen LogP contribution >= 0.6 is 0 Å². The second-order valence-corrected chi connectivity index (χ2v) is 3.54. The number of carboxylic acids is 1. The Hall–Kier alpha value is -1.26. The summed E-state index contributed by atoms with van der Waals surface area (Å²) in [5.74, 6) is -1.74. The van der Waals surface area contributed by atoms with Gasteiger partial charge >= 0.3 is 5.97 Å². The number of unbranched alkanes of at least 4 members (excludes halogenated alkanes) is 2. The molecule has 0 radical (unpaired) electrons. The van der Waals surface area contributed by atoms with E-state index < -0.39 is 24.5 Å². The molecule has 0 heterocycles. The average molecular weight is 266 g/mol. The minimum absolute atomic E-state index is 0.100. The van der Waals surface area contributed by atoms with Gasteiger partial charge in [0.2, 0.25) is 5.91 Å². The molecular weight excluding hydrogens is 248 g/mol. The number of aliphatic carboxylic acids is 1. The summed E-state index contributed by atoms with van der Waals surface area (Å²) < 4.78 is 0. The van der Waals surface area contributed by atoms with Crippen molar-refractivity contribution in [3.63, 3.8) is 0 Å². The number of nitrogens with zero attached hydrogens (tertiary/aromatic N) is 1. The highest BCUT2D eigenvalue weighted by atomic mass is 17.1. The van der Waals surface area contributed by atoms with Crippen LogP contribution in [0.2, 0.25) is 0 Å². The van der Waals surface area contributed by atoms with E-state index in [2.05, 4.69) is 10.2 Å². The molecule has 18 heavy (non-hydrogen) atoms. The lowest BCUT2D eigenvalue weighted by Gasteiger charge is -2.11. The van der Waals surface area contributed by atoms with Crippen LogP contribution in [0, 0.1) is 0 Å². The number of carboxylic acid groups (broad SMARTS) is 1. The number of aliphatic hydroxyl groups excluding tert-OH is 1. The van der Waals surface area contributed by atoms with Crippen LogP contribution in [0.3, 0.4) is 0 Å². The number of aliphatic hydroxyl groups is 1. The zero-order valence-corrected chi connectivity index (χ0v) is 9.78. The first-order chi connectivity index (χ1) is 8.47. The summed E-state index contributed by atoms with van der Waals surface area (Å²) in [4.78, 5) is 26.0. The highest BCUT2D eigenvalue weighted by molar-refractivity contribution is 5.83. The zero-order valence-electron chi connectivity index (χ0n) is 9.78. The molecule has 9 nitrogen and oxygen atoms in total. The van der Waals surface area contributed by atoms with Crippen molar-refractivity contribution in [2.24, 2.45) is 0 Å². The third-order valence-corrected chi connectivity index (χ3v) is 2.07. The summed E-state index contributed by atoms with van der Waals surface area (Å²) in [5, 5.41) is 35.4. The van der Waals surface area contributed by atoms with Gasteiger partial charge in [-0.05, 0) is 12.8 Å². The van der Waals surface area contributed by atoms with Crippen LogP contribution in [-0.2, 0) is 14.4 Å². The quantitative estimate of drug-likeness (QED) is 0.254. The Kier molecular flexibility index (Phi) is 9.06. The van der Waals surface area contributed by atoms with Gasteiger partial charge < -0.3 is 15.5 Å². The largest absolute Gasteiger partial charge is 0.480 e. The van der Waals surface area contributed by atoms with Crippen LogP contribution < -0.4 is 5.32 Å². The maximum atomic E-state index is 11.3. The van der Waals surface area contributed by atoms with Gasteiger partial charge in [0, 0.05) is 6.42 Å². The van der Waals surface area contributed by atoms with Gasteiger partial charge in [0.25, 0.3) is 0 Å². The van der Waals surface area contributed by atoms with Crippen LogP contribution in [0.1, 0.15) is 25.7 Å². The molecule has 1 amide bonds. The SMILES string of the molecule is O=C(CCCCCON(O)O)NC(CO)C(=O)O. The molecule has 1 unspecified atom stereocenters. The lowest BCUT2D eigenvalue weighted by atomic mass is 10.2. The van der Waals surface area contributed by atoms with Gasteiger partial charge in [0.15, 0.2) is 0 Å². The van der Waals surface area contributed by atoms with Crippen molar-refractivity contribution in [2.45, 2.75) is 31.7 Å². The first-order valence-corrected chi connectivity index (χ1v) is 5.41. The first-order valence-electron chi connectivity index (χ1n) is 5.41. The van der Waals surface area contributed by atoms with Gasteiger partial charge in [-0.3, -0.25) is 20.0 Å². The van der Waals surface area contributed by atoms with Gasteiger partial charge in [-0.2, -0.15) is 0 Å². The standard InChI is InChI=1S/C9H18N2O7/c12-6-7(9(14)15)10-8(13)4-2-1-3-5-18-11(16)17/h7,12,16-17H,1-6H2,(H,10,13)(H,14,15). The summed E-state index contributed by atoms with van der Waals surface area (Å²) in [5.41, 5.74) is 0. The van der Waals surface area contributed by atoms with E-state index in [-0.39, 0.29) is 18.4 Å². The number of amides is 1.